The lowest BCUT2D eigenvalue weighted by Crippen LogP contribution is -2.40. The summed E-state index contributed by atoms with van der Waals surface area (Å²) in [7, 11) is 2.13. The molecule has 4 nitrogen and oxygen atoms in total. The number of likely N-dealkylation sites (tertiary alicyclic amines) is 1. The van der Waals surface area contributed by atoms with Crippen molar-refractivity contribution in [3.8, 4) is 6.07 Å². The largest absolute Gasteiger partial charge is 0.365 e. The van der Waals surface area contributed by atoms with E-state index in [0.717, 1.165) is 30.4 Å². The van der Waals surface area contributed by atoms with Crippen LogP contribution in [0.3, 0.4) is 0 Å². The molecule has 0 aliphatic carbocycles. The van der Waals surface area contributed by atoms with Crippen LogP contribution >= 0.6 is 0 Å². The van der Waals surface area contributed by atoms with Gasteiger partial charge in [-0.2, -0.15) is 5.26 Å². The predicted octanol–water partition coefficient (Wildman–Crippen LogP) is 2.61. The van der Waals surface area contributed by atoms with Gasteiger partial charge in [0.25, 0.3) is 0 Å². The lowest BCUT2D eigenvalue weighted by molar-refractivity contribution is 0.261. The average Bonchev–Trinajstić information content (AvgIpc) is 2.46. The summed E-state index contributed by atoms with van der Waals surface area (Å²) in [4.78, 5) is 6.93. The van der Waals surface area contributed by atoms with E-state index in [0.29, 0.717) is 17.4 Å². The average molecular weight is 266 g/mol. The Morgan fingerprint density at radius 1 is 1.40 bits per heavy atom. The Balaban J connectivity index is 1.91. The summed E-state index contributed by atoms with van der Waals surface area (Å²) in [5, 5.41) is 13.8. The first-order valence-corrected chi connectivity index (χ1v) is 7.01. The molecule has 1 N–H and O–H groups in total. The molecule has 1 saturated heterocycles. The first kappa shape index (κ1) is 12.9. The Morgan fingerprint density at radius 2 is 2.25 bits per heavy atom. The molecule has 0 spiro atoms. The third-order valence-electron chi connectivity index (χ3n) is 3.81. The fourth-order valence-electron chi connectivity index (χ4n) is 2.79. The standard InChI is InChI=1S/C16H18N4/c1-20-8-4-6-14(11-20)18-16-13(10-17)9-12-5-2-3-7-15(12)19-16/h2-3,5,7,9,14H,4,6,8,11H2,1H3,(H,18,19). The van der Waals surface area contributed by atoms with Crippen LogP contribution in [0.25, 0.3) is 10.9 Å². The third-order valence-corrected chi connectivity index (χ3v) is 3.81. The Bertz CT molecular complexity index is 659. The number of nitrogens with zero attached hydrogens (tertiary/aromatic N) is 3. The number of anilines is 1. The van der Waals surface area contributed by atoms with Crippen molar-refractivity contribution < 1.29 is 0 Å². The molecule has 0 radical (unpaired) electrons. The second kappa shape index (κ2) is 5.48. The molecule has 2 heterocycles. The Hall–Kier alpha value is -2.12. The first-order chi connectivity index (χ1) is 9.76. The number of hydrogen-bond acceptors (Lipinski definition) is 4. The van der Waals surface area contributed by atoms with Gasteiger partial charge in [0.1, 0.15) is 11.9 Å². The summed E-state index contributed by atoms with van der Waals surface area (Å²) < 4.78 is 0. The minimum atomic E-state index is 0.370. The van der Waals surface area contributed by atoms with Crippen molar-refractivity contribution in [1.82, 2.24) is 9.88 Å². The maximum Gasteiger partial charge on any atom is 0.144 e. The molecule has 1 aromatic carbocycles. The van der Waals surface area contributed by atoms with Crippen LogP contribution in [-0.2, 0) is 0 Å². The number of likely N-dealkylation sites (N-methyl/N-ethyl adjacent to an activating group) is 1. The minimum Gasteiger partial charge on any atom is -0.365 e. The van der Waals surface area contributed by atoms with E-state index < -0.39 is 0 Å². The SMILES string of the molecule is CN1CCCC(Nc2nc3ccccc3cc2C#N)C1. The zero-order valence-corrected chi connectivity index (χ0v) is 11.6. The van der Waals surface area contributed by atoms with Crippen LogP contribution in [0.2, 0.25) is 0 Å². The summed E-state index contributed by atoms with van der Waals surface area (Å²) in [5.41, 5.74) is 1.55. The fraction of sp³-hybridized carbons (Fsp3) is 0.375. The Kier molecular flexibility index (Phi) is 3.53. The molecule has 102 valence electrons. The molecule has 1 aliphatic heterocycles. The van der Waals surface area contributed by atoms with E-state index in [1.165, 1.54) is 6.42 Å². The second-order valence-electron chi connectivity index (χ2n) is 5.43. The molecule has 1 unspecified atom stereocenters. The number of rotatable bonds is 2. The van der Waals surface area contributed by atoms with Gasteiger partial charge in [0.05, 0.1) is 11.1 Å². The van der Waals surface area contributed by atoms with Crippen LogP contribution in [0.4, 0.5) is 5.82 Å². The van der Waals surface area contributed by atoms with Gasteiger partial charge >= 0.3 is 0 Å². The van der Waals surface area contributed by atoms with Crippen molar-refractivity contribution in [2.24, 2.45) is 0 Å². The van der Waals surface area contributed by atoms with Gasteiger partial charge in [-0.15, -0.1) is 0 Å². The van der Waals surface area contributed by atoms with Crippen molar-refractivity contribution in [2.45, 2.75) is 18.9 Å². The molecule has 0 bridgehead atoms. The number of para-hydroxylation sites is 1. The molecule has 3 rings (SSSR count). The number of nitriles is 1. The smallest absolute Gasteiger partial charge is 0.144 e. The van der Waals surface area contributed by atoms with Crippen molar-refractivity contribution in [3.05, 3.63) is 35.9 Å². The maximum atomic E-state index is 9.32. The van der Waals surface area contributed by atoms with Crippen LogP contribution in [0.1, 0.15) is 18.4 Å². The van der Waals surface area contributed by atoms with E-state index in [2.05, 4.69) is 28.3 Å². The van der Waals surface area contributed by atoms with Gasteiger partial charge in [-0.1, -0.05) is 18.2 Å². The van der Waals surface area contributed by atoms with Crippen molar-refractivity contribution in [1.29, 1.82) is 5.26 Å². The highest BCUT2D eigenvalue weighted by molar-refractivity contribution is 5.82. The zero-order valence-electron chi connectivity index (χ0n) is 11.6. The van der Waals surface area contributed by atoms with Gasteiger partial charge in [-0.05, 0) is 38.6 Å². The van der Waals surface area contributed by atoms with Crippen LogP contribution in [0.15, 0.2) is 30.3 Å². The fourth-order valence-corrected chi connectivity index (χ4v) is 2.79. The van der Waals surface area contributed by atoms with Gasteiger partial charge in [0.15, 0.2) is 0 Å². The summed E-state index contributed by atoms with van der Waals surface area (Å²) in [6.07, 6.45) is 2.31. The topological polar surface area (TPSA) is 52.0 Å². The molecule has 1 aromatic heterocycles. The number of hydrogen-bond donors (Lipinski definition) is 1. The van der Waals surface area contributed by atoms with Crippen LogP contribution in [0.5, 0.6) is 0 Å². The van der Waals surface area contributed by atoms with Crippen LogP contribution in [0, 0.1) is 11.3 Å². The highest BCUT2D eigenvalue weighted by atomic mass is 15.1. The summed E-state index contributed by atoms with van der Waals surface area (Å²) >= 11 is 0. The van der Waals surface area contributed by atoms with Crippen LogP contribution in [-0.4, -0.2) is 36.1 Å². The number of fused-ring (bicyclic) bond motifs is 1. The lowest BCUT2D eigenvalue weighted by atomic mass is 10.1. The van der Waals surface area contributed by atoms with Crippen molar-refractivity contribution >= 4 is 16.7 Å². The number of piperidine rings is 1. The summed E-state index contributed by atoms with van der Waals surface area (Å²) in [5.74, 6) is 0.714. The quantitative estimate of drug-likeness (QED) is 0.907. The van der Waals surface area contributed by atoms with Crippen molar-refractivity contribution in [3.63, 3.8) is 0 Å². The molecule has 4 heteroatoms. The monoisotopic (exact) mass is 266 g/mol. The molecular weight excluding hydrogens is 248 g/mol. The van der Waals surface area contributed by atoms with E-state index in [4.69, 9.17) is 0 Å². The van der Waals surface area contributed by atoms with Gasteiger partial charge in [0, 0.05) is 18.0 Å². The molecule has 1 fully saturated rings. The number of nitrogens with one attached hydrogen (secondary N) is 1. The summed E-state index contributed by atoms with van der Waals surface area (Å²) in [6.45, 7) is 2.15. The molecule has 1 atom stereocenters. The third kappa shape index (κ3) is 2.59. The van der Waals surface area contributed by atoms with E-state index >= 15 is 0 Å². The normalized spacial score (nSPS) is 19.7. The zero-order chi connectivity index (χ0) is 13.9. The van der Waals surface area contributed by atoms with Gasteiger partial charge < -0.3 is 10.2 Å². The van der Waals surface area contributed by atoms with Crippen LogP contribution < -0.4 is 5.32 Å². The number of benzene rings is 1. The minimum absolute atomic E-state index is 0.370. The number of aromatic nitrogens is 1. The van der Waals surface area contributed by atoms with Gasteiger partial charge in [0.2, 0.25) is 0 Å². The van der Waals surface area contributed by atoms with Crippen molar-refractivity contribution in [2.75, 3.05) is 25.5 Å². The van der Waals surface area contributed by atoms with E-state index in [-0.39, 0.29) is 0 Å². The Labute approximate surface area is 119 Å². The highest BCUT2D eigenvalue weighted by Crippen LogP contribution is 2.22. The maximum absolute atomic E-state index is 9.32. The van der Waals surface area contributed by atoms with E-state index in [9.17, 15) is 5.26 Å². The molecule has 20 heavy (non-hydrogen) atoms. The second-order valence-corrected chi connectivity index (χ2v) is 5.43. The highest BCUT2D eigenvalue weighted by Gasteiger charge is 2.18. The first-order valence-electron chi connectivity index (χ1n) is 7.01. The van der Waals surface area contributed by atoms with E-state index in [1.807, 2.05) is 30.3 Å². The number of pyridine rings is 1. The molecule has 0 saturated carbocycles. The summed E-state index contributed by atoms with van der Waals surface area (Å²) in [6, 6.07) is 12.4. The van der Waals surface area contributed by atoms with Gasteiger partial charge in [-0.3, -0.25) is 0 Å². The van der Waals surface area contributed by atoms with E-state index in [1.54, 1.807) is 0 Å². The lowest BCUT2D eigenvalue weighted by Gasteiger charge is -2.30. The van der Waals surface area contributed by atoms with Gasteiger partial charge in [-0.25, -0.2) is 4.98 Å². The molecule has 2 aromatic rings. The Morgan fingerprint density at radius 3 is 3.05 bits per heavy atom. The predicted molar refractivity (Wildman–Crippen MR) is 80.6 cm³/mol. The molecular formula is C16H18N4. The molecule has 0 amide bonds. The molecule has 1 aliphatic rings.